The van der Waals surface area contributed by atoms with Crippen LogP contribution in [0.3, 0.4) is 0 Å². The standard InChI is InChI=1S/C35H54ClN5O4/c1-6-7-8-9-10-11-12-13-14-15-16-17-18-19-24-45-30(43)23-22-29(42)37-26-20-21-28(44-5)27(25-26)33-38-34-31(36)32(35(2,3)4)39-41(34)40-33/h20-21,25H,6-19,22-24H2,1-5H3,(H,37,42)(H,38,40). The predicted molar refractivity (Wildman–Crippen MR) is 182 cm³/mol. The fraction of sp³-hybridized carbons (Fsp3) is 0.657. The fourth-order valence-corrected chi connectivity index (χ4v) is 5.81. The molecule has 0 atom stereocenters. The topological polar surface area (TPSA) is 111 Å². The van der Waals surface area contributed by atoms with Gasteiger partial charge in [-0.3, -0.25) is 9.59 Å². The van der Waals surface area contributed by atoms with Gasteiger partial charge in [0.25, 0.3) is 0 Å². The second-order valence-electron chi connectivity index (χ2n) is 13.0. The van der Waals surface area contributed by atoms with Crippen molar-refractivity contribution >= 4 is 34.8 Å². The van der Waals surface area contributed by atoms with E-state index in [2.05, 4.69) is 27.4 Å². The number of benzene rings is 1. The number of carbonyl (C=O) groups excluding carboxylic acids is 2. The zero-order valence-electron chi connectivity index (χ0n) is 28.1. The zero-order chi connectivity index (χ0) is 32.7. The van der Waals surface area contributed by atoms with Gasteiger partial charge in [-0.2, -0.15) is 5.10 Å². The monoisotopic (exact) mass is 643 g/mol. The summed E-state index contributed by atoms with van der Waals surface area (Å²) < 4.78 is 12.4. The Morgan fingerprint density at radius 2 is 1.49 bits per heavy atom. The molecule has 0 saturated heterocycles. The van der Waals surface area contributed by atoms with Crippen molar-refractivity contribution in [1.29, 1.82) is 0 Å². The largest absolute Gasteiger partial charge is 0.496 e. The van der Waals surface area contributed by atoms with Crippen molar-refractivity contribution in [3.05, 3.63) is 28.9 Å². The minimum absolute atomic E-state index is 0.0391. The second-order valence-corrected chi connectivity index (χ2v) is 13.4. The molecule has 45 heavy (non-hydrogen) atoms. The summed E-state index contributed by atoms with van der Waals surface area (Å²) in [5, 5.41) is 12.5. The number of hydrogen-bond donors (Lipinski definition) is 2. The van der Waals surface area contributed by atoms with Crippen molar-refractivity contribution in [3.8, 4) is 17.1 Å². The molecular weight excluding hydrogens is 590 g/mol. The third kappa shape index (κ3) is 12.0. The summed E-state index contributed by atoms with van der Waals surface area (Å²) >= 11 is 6.59. The van der Waals surface area contributed by atoms with Crippen LogP contribution in [0.15, 0.2) is 18.2 Å². The normalized spacial score (nSPS) is 11.7. The molecule has 0 radical (unpaired) electrons. The van der Waals surface area contributed by atoms with Crippen LogP contribution < -0.4 is 10.1 Å². The number of carbonyl (C=O) groups is 2. The van der Waals surface area contributed by atoms with E-state index < -0.39 is 0 Å². The van der Waals surface area contributed by atoms with Crippen LogP contribution in [0.5, 0.6) is 5.75 Å². The van der Waals surface area contributed by atoms with Crippen LogP contribution in [-0.2, 0) is 19.7 Å². The van der Waals surface area contributed by atoms with Gasteiger partial charge in [-0.05, 0) is 24.6 Å². The van der Waals surface area contributed by atoms with Gasteiger partial charge in [-0.1, -0.05) is 123 Å². The number of rotatable bonds is 21. The highest BCUT2D eigenvalue weighted by atomic mass is 35.5. The molecule has 0 aliphatic carbocycles. The first-order valence-corrected chi connectivity index (χ1v) is 17.3. The molecule has 2 heterocycles. The van der Waals surface area contributed by atoms with E-state index >= 15 is 0 Å². The Morgan fingerprint density at radius 1 is 0.889 bits per heavy atom. The number of H-pyrrole nitrogens is 1. The number of anilines is 1. The van der Waals surface area contributed by atoms with E-state index in [1.807, 2.05) is 20.8 Å². The average molecular weight is 644 g/mol. The van der Waals surface area contributed by atoms with E-state index in [0.29, 0.717) is 40.1 Å². The number of unbranched alkanes of at least 4 members (excludes halogenated alkanes) is 13. The molecule has 3 aromatic rings. The number of esters is 1. The number of ether oxygens (including phenoxy) is 2. The van der Waals surface area contributed by atoms with E-state index in [1.54, 1.807) is 25.3 Å². The summed E-state index contributed by atoms with van der Waals surface area (Å²) in [7, 11) is 1.57. The first kappa shape index (κ1) is 36.4. The lowest BCUT2D eigenvalue weighted by atomic mass is 9.92. The lowest BCUT2D eigenvalue weighted by molar-refractivity contribution is -0.144. The maximum absolute atomic E-state index is 12.6. The Kier molecular flexibility index (Phi) is 15.2. The number of aromatic amines is 1. The minimum Gasteiger partial charge on any atom is -0.496 e. The highest BCUT2D eigenvalue weighted by Crippen LogP contribution is 2.35. The van der Waals surface area contributed by atoms with Gasteiger partial charge >= 0.3 is 5.97 Å². The van der Waals surface area contributed by atoms with E-state index in [9.17, 15) is 9.59 Å². The van der Waals surface area contributed by atoms with Gasteiger partial charge in [0, 0.05) is 17.5 Å². The first-order chi connectivity index (χ1) is 21.6. The van der Waals surface area contributed by atoms with E-state index in [4.69, 9.17) is 21.1 Å². The SMILES string of the molecule is CCCCCCCCCCCCCCCCOC(=O)CCC(=O)Nc1ccc(OC)c(-c2nn3nc(C(C)(C)C)c(Cl)c3[nH]2)c1. The van der Waals surface area contributed by atoms with Gasteiger partial charge in [0.15, 0.2) is 11.5 Å². The number of amides is 1. The minimum atomic E-state index is -0.347. The molecule has 3 rings (SSSR count). The van der Waals surface area contributed by atoms with Gasteiger partial charge in [-0.25, -0.2) is 0 Å². The maximum atomic E-state index is 12.6. The Hall–Kier alpha value is -3.07. The lowest BCUT2D eigenvalue weighted by Gasteiger charge is -2.14. The highest BCUT2D eigenvalue weighted by Gasteiger charge is 2.26. The molecule has 2 aromatic heterocycles. The van der Waals surface area contributed by atoms with Crippen molar-refractivity contribution in [1.82, 2.24) is 19.8 Å². The zero-order valence-corrected chi connectivity index (χ0v) is 28.9. The molecule has 0 bridgehead atoms. The predicted octanol–water partition coefficient (Wildman–Crippen LogP) is 9.43. The molecule has 1 amide bonds. The van der Waals surface area contributed by atoms with Gasteiger partial charge in [0.05, 0.1) is 31.4 Å². The van der Waals surface area contributed by atoms with Gasteiger partial charge < -0.3 is 19.8 Å². The van der Waals surface area contributed by atoms with Crippen LogP contribution in [0.4, 0.5) is 5.69 Å². The number of fused-ring (bicyclic) bond motifs is 1. The molecule has 250 valence electrons. The highest BCUT2D eigenvalue weighted by molar-refractivity contribution is 6.34. The number of nitrogens with one attached hydrogen (secondary N) is 2. The van der Waals surface area contributed by atoms with Gasteiger partial charge in [0.1, 0.15) is 10.8 Å². The first-order valence-electron chi connectivity index (χ1n) is 16.9. The lowest BCUT2D eigenvalue weighted by Crippen LogP contribution is -2.15. The summed E-state index contributed by atoms with van der Waals surface area (Å²) in [6.45, 7) is 8.79. The van der Waals surface area contributed by atoms with E-state index in [1.165, 1.54) is 81.7 Å². The molecule has 0 unspecified atom stereocenters. The summed E-state index contributed by atoms with van der Waals surface area (Å²) in [6.07, 6.45) is 18.0. The Morgan fingerprint density at radius 3 is 2.04 bits per heavy atom. The van der Waals surface area contributed by atoms with Gasteiger partial charge in [-0.15, -0.1) is 9.73 Å². The van der Waals surface area contributed by atoms with Gasteiger partial charge in [0.2, 0.25) is 5.91 Å². The molecule has 0 fully saturated rings. The third-order valence-electron chi connectivity index (χ3n) is 8.01. The number of nitrogens with zero attached hydrogens (tertiary/aromatic N) is 3. The molecule has 0 aliphatic rings. The van der Waals surface area contributed by atoms with Crippen LogP contribution in [0.25, 0.3) is 17.0 Å². The van der Waals surface area contributed by atoms with E-state index in [-0.39, 0.29) is 30.1 Å². The van der Waals surface area contributed by atoms with Crippen LogP contribution in [-0.4, -0.2) is 45.4 Å². The molecule has 0 spiro atoms. The maximum Gasteiger partial charge on any atom is 0.306 e. The molecule has 9 nitrogen and oxygen atoms in total. The number of hydrogen-bond acceptors (Lipinski definition) is 6. The summed E-state index contributed by atoms with van der Waals surface area (Å²) in [5.41, 5.74) is 2.30. The molecule has 1 aromatic carbocycles. The second kappa shape index (κ2) is 18.8. The van der Waals surface area contributed by atoms with Crippen LogP contribution in [0.1, 0.15) is 136 Å². The molecular formula is C35H54ClN5O4. The molecule has 0 saturated carbocycles. The molecule has 2 N–H and O–H groups in total. The van der Waals surface area contributed by atoms with E-state index in [0.717, 1.165) is 18.5 Å². The summed E-state index contributed by atoms with van der Waals surface area (Å²) in [6, 6.07) is 5.26. The van der Waals surface area contributed by atoms with Crippen molar-refractivity contribution in [3.63, 3.8) is 0 Å². The van der Waals surface area contributed by atoms with Crippen LogP contribution in [0, 0.1) is 0 Å². The number of aromatic nitrogens is 4. The number of methoxy groups -OCH3 is 1. The Labute approximate surface area is 274 Å². The number of halogens is 1. The van der Waals surface area contributed by atoms with Crippen LogP contribution >= 0.6 is 11.6 Å². The summed E-state index contributed by atoms with van der Waals surface area (Å²) in [5.74, 6) is 0.455. The quantitative estimate of drug-likeness (QED) is 0.0883. The molecule has 10 heteroatoms. The van der Waals surface area contributed by atoms with Crippen molar-refractivity contribution < 1.29 is 19.1 Å². The van der Waals surface area contributed by atoms with Crippen molar-refractivity contribution in [2.75, 3.05) is 19.0 Å². The Bertz CT molecular complexity index is 1340. The third-order valence-corrected chi connectivity index (χ3v) is 8.37. The fourth-order valence-electron chi connectivity index (χ4n) is 5.36. The summed E-state index contributed by atoms with van der Waals surface area (Å²) in [4.78, 5) is 28.0. The smallest absolute Gasteiger partial charge is 0.306 e. The van der Waals surface area contributed by atoms with Crippen molar-refractivity contribution in [2.24, 2.45) is 0 Å². The van der Waals surface area contributed by atoms with Crippen molar-refractivity contribution in [2.45, 2.75) is 136 Å². The Balaban J connectivity index is 1.32. The average Bonchev–Trinajstić information content (AvgIpc) is 3.57. The van der Waals surface area contributed by atoms with Crippen LogP contribution in [0.2, 0.25) is 5.02 Å². The molecule has 0 aliphatic heterocycles.